The van der Waals surface area contributed by atoms with E-state index in [1.807, 2.05) is 0 Å². The summed E-state index contributed by atoms with van der Waals surface area (Å²) < 4.78 is 29.5. The highest BCUT2D eigenvalue weighted by Gasteiger charge is 2.45. The van der Waals surface area contributed by atoms with Gasteiger partial charge in [0.2, 0.25) is 0 Å². The van der Waals surface area contributed by atoms with E-state index in [1.54, 1.807) is 0 Å². The van der Waals surface area contributed by atoms with E-state index in [-0.39, 0.29) is 18.7 Å². The van der Waals surface area contributed by atoms with Crippen LogP contribution in [0.3, 0.4) is 0 Å². The molecule has 2 N–H and O–H groups in total. The molecule has 1 unspecified atom stereocenters. The van der Waals surface area contributed by atoms with E-state index < -0.39 is 10.2 Å². The van der Waals surface area contributed by atoms with E-state index in [0.717, 1.165) is 44.9 Å². The molecule has 1 atom stereocenters. The first-order valence-electron chi connectivity index (χ1n) is 7.52. The Hall–Kier alpha value is -0.170. The van der Waals surface area contributed by atoms with Gasteiger partial charge in [0.05, 0.1) is 6.61 Å². The van der Waals surface area contributed by atoms with Crippen LogP contribution in [0.2, 0.25) is 0 Å². The van der Waals surface area contributed by atoms with E-state index in [0.29, 0.717) is 18.4 Å². The summed E-state index contributed by atoms with van der Waals surface area (Å²) in [7, 11) is -3.43. The number of hydrogen-bond donors (Lipinski definition) is 2. The quantitative estimate of drug-likeness (QED) is 0.761. The molecule has 0 spiro atoms. The molecule has 1 saturated heterocycles. The molecule has 1 heterocycles. The van der Waals surface area contributed by atoms with Crippen LogP contribution in [0.1, 0.15) is 44.9 Å². The van der Waals surface area contributed by atoms with Crippen LogP contribution in [-0.4, -0.2) is 43.1 Å². The van der Waals surface area contributed by atoms with Gasteiger partial charge in [-0.25, -0.2) is 0 Å². The standard InChI is InChI=1S/C13H24N2O3S/c16-9-12-3-1-2-8-15(12)19(17,18)14-13(10-4-5-10)11-6-7-11/h10-14,16H,1-9H2. The summed E-state index contributed by atoms with van der Waals surface area (Å²) in [6.07, 6.45) is 7.32. The molecule has 19 heavy (non-hydrogen) atoms. The van der Waals surface area contributed by atoms with Gasteiger partial charge in [-0.1, -0.05) is 6.42 Å². The molecule has 0 aromatic heterocycles. The second-order valence-corrected chi connectivity index (χ2v) is 7.92. The van der Waals surface area contributed by atoms with E-state index >= 15 is 0 Å². The summed E-state index contributed by atoms with van der Waals surface area (Å²) in [6.45, 7) is 0.473. The van der Waals surface area contributed by atoms with E-state index in [1.165, 1.54) is 4.31 Å². The molecule has 2 saturated carbocycles. The number of rotatable bonds is 6. The zero-order valence-electron chi connectivity index (χ0n) is 11.3. The third-order valence-electron chi connectivity index (χ3n) is 4.64. The first-order valence-corrected chi connectivity index (χ1v) is 8.96. The number of nitrogens with one attached hydrogen (secondary N) is 1. The summed E-state index contributed by atoms with van der Waals surface area (Å²) in [4.78, 5) is 0. The fraction of sp³-hybridized carbons (Fsp3) is 1.00. The molecule has 0 aromatic carbocycles. The fourth-order valence-corrected chi connectivity index (χ4v) is 5.00. The normalized spacial score (nSPS) is 29.9. The van der Waals surface area contributed by atoms with E-state index in [2.05, 4.69) is 4.72 Å². The third-order valence-corrected chi connectivity index (χ3v) is 6.31. The third kappa shape index (κ3) is 3.12. The van der Waals surface area contributed by atoms with Crippen LogP contribution in [0.25, 0.3) is 0 Å². The summed E-state index contributed by atoms with van der Waals surface area (Å²) in [5.74, 6) is 1.11. The van der Waals surface area contributed by atoms with Gasteiger partial charge in [-0.15, -0.1) is 0 Å². The van der Waals surface area contributed by atoms with Crippen LogP contribution < -0.4 is 4.72 Å². The molecule has 6 heteroatoms. The van der Waals surface area contributed by atoms with Crippen molar-refractivity contribution < 1.29 is 13.5 Å². The lowest BCUT2D eigenvalue weighted by molar-refractivity contribution is 0.153. The second kappa shape index (κ2) is 5.31. The van der Waals surface area contributed by atoms with Crippen LogP contribution in [-0.2, 0) is 10.2 Å². The van der Waals surface area contributed by atoms with Crippen molar-refractivity contribution in [3.8, 4) is 0 Å². The average molecular weight is 288 g/mol. The maximum absolute atomic E-state index is 12.5. The molecule has 3 aliphatic rings. The maximum Gasteiger partial charge on any atom is 0.280 e. The number of aliphatic hydroxyl groups is 1. The minimum Gasteiger partial charge on any atom is -0.395 e. The Balaban J connectivity index is 1.69. The van der Waals surface area contributed by atoms with Crippen molar-refractivity contribution in [2.75, 3.05) is 13.2 Å². The summed E-state index contributed by atoms with van der Waals surface area (Å²) in [6, 6.07) is -0.0865. The predicted molar refractivity (Wildman–Crippen MR) is 72.7 cm³/mol. The predicted octanol–water partition coefficient (Wildman–Crippen LogP) is 0.856. The Morgan fingerprint density at radius 1 is 1.11 bits per heavy atom. The van der Waals surface area contributed by atoms with E-state index in [4.69, 9.17) is 0 Å². The minimum absolute atomic E-state index is 0.0710. The molecule has 0 amide bonds. The molecule has 1 aliphatic heterocycles. The largest absolute Gasteiger partial charge is 0.395 e. The Morgan fingerprint density at radius 2 is 1.74 bits per heavy atom. The monoisotopic (exact) mass is 288 g/mol. The molecule has 0 radical (unpaired) electrons. The molecule has 3 rings (SSSR count). The molecule has 2 aliphatic carbocycles. The Kier molecular flexibility index (Phi) is 3.86. The first kappa shape index (κ1) is 13.8. The highest BCUT2D eigenvalue weighted by Crippen LogP contribution is 2.45. The van der Waals surface area contributed by atoms with Gasteiger partial charge in [0.15, 0.2) is 0 Å². The van der Waals surface area contributed by atoms with Crippen LogP contribution in [0.5, 0.6) is 0 Å². The van der Waals surface area contributed by atoms with Gasteiger partial charge >= 0.3 is 0 Å². The summed E-state index contributed by atoms with van der Waals surface area (Å²) in [5.41, 5.74) is 0. The van der Waals surface area contributed by atoms with Crippen LogP contribution in [0.15, 0.2) is 0 Å². The van der Waals surface area contributed by atoms with Crippen molar-refractivity contribution in [2.24, 2.45) is 11.8 Å². The van der Waals surface area contributed by atoms with Crippen LogP contribution >= 0.6 is 0 Å². The Bertz CT molecular complexity index is 406. The van der Waals surface area contributed by atoms with Crippen LogP contribution in [0, 0.1) is 11.8 Å². The molecule has 0 aromatic rings. The number of piperidine rings is 1. The maximum atomic E-state index is 12.5. The van der Waals surface area contributed by atoms with Gasteiger partial charge in [-0.05, 0) is 50.4 Å². The highest BCUT2D eigenvalue weighted by molar-refractivity contribution is 7.87. The molecule has 5 nitrogen and oxygen atoms in total. The summed E-state index contributed by atoms with van der Waals surface area (Å²) >= 11 is 0. The lowest BCUT2D eigenvalue weighted by Gasteiger charge is -2.34. The topological polar surface area (TPSA) is 69.6 Å². The zero-order chi connectivity index (χ0) is 13.5. The van der Waals surface area contributed by atoms with Gasteiger partial charge in [0.1, 0.15) is 0 Å². The first-order chi connectivity index (χ1) is 9.12. The van der Waals surface area contributed by atoms with Crippen molar-refractivity contribution in [2.45, 2.75) is 57.0 Å². The van der Waals surface area contributed by atoms with Crippen molar-refractivity contribution in [1.82, 2.24) is 9.03 Å². The lowest BCUT2D eigenvalue weighted by atomic mass is 10.1. The Morgan fingerprint density at radius 3 is 2.26 bits per heavy atom. The van der Waals surface area contributed by atoms with Gasteiger partial charge in [0.25, 0.3) is 10.2 Å². The smallest absolute Gasteiger partial charge is 0.280 e. The van der Waals surface area contributed by atoms with Crippen LogP contribution in [0.4, 0.5) is 0 Å². The SMILES string of the molecule is O=S(=O)(NC(C1CC1)C1CC1)N1CCCCC1CO. The van der Waals surface area contributed by atoms with Crippen molar-refractivity contribution in [3.05, 3.63) is 0 Å². The molecular weight excluding hydrogens is 264 g/mol. The molecule has 3 fully saturated rings. The van der Waals surface area contributed by atoms with E-state index in [9.17, 15) is 13.5 Å². The fourth-order valence-electron chi connectivity index (χ4n) is 3.20. The van der Waals surface area contributed by atoms with Gasteiger partial charge in [-0.3, -0.25) is 0 Å². The van der Waals surface area contributed by atoms with Crippen molar-refractivity contribution in [3.63, 3.8) is 0 Å². The number of aliphatic hydroxyl groups excluding tert-OH is 1. The van der Waals surface area contributed by atoms with Gasteiger partial charge in [-0.2, -0.15) is 17.4 Å². The van der Waals surface area contributed by atoms with Crippen molar-refractivity contribution in [1.29, 1.82) is 0 Å². The Labute approximate surface area is 115 Å². The van der Waals surface area contributed by atoms with Gasteiger partial charge < -0.3 is 5.11 Å². The zero-order valence-corrected chi connectivity index (χ0v) is 12.1. The number of nitrogens with zero attached hydrogens (tertiary/aromatic N) is 1. The van der Waals surface area contributed by atoms with Crippen molar-refractivity contribution >= 4 is 10.2 Å². The minimum atomic E-state index is -3.43. The second-order valence-electron chi connectivity index (χ2n) is 6.27. The van der Waals surface area contributed by atoms with Gasteiger partial charge in [0, 0.05) is 18.6 Å². The highest BCUT2D eigenvalue weighted by atomic mass is 32.2. The summed E-state index contributed by atoms with van der Waals surface area (Å²) in [5, 5.41) is 9.37. The molecule has 110 valence electrons. The number of hydrogen-bond acceptors (Lipinski definition) is 3. The lowest BCUT2D eigenvalue weighted by Crippen LogP contribution is -2.53. The molecular formula is C13H24N2O3S. The average Bonchev–Trinajstić information content (AvgIpc) is 3.29. The molecule has 0 bridgehead atoms.